The molecule has 0 atom stereocenters. The number of hydrogen-bond acceptors (Lipinski definition) is 7. The highest BCUT2D eigenvalue weighted by molar-refractivity contribution is 5.37. The van der Waals surface area contributed by atoms with Gasteiger partial charge in [-0.2, -0.15) is 15.0 Å². The Bertz CT molecular complexity index is 377. The fourth-order valence-electron chi connectivity index (χ4n) is 1.54. The van der Waals surface area contributed by atoms with Crippen molar-refractivity contribution in [3.05, 3.63) is 0 Å². The highest BCUT2D eigenvalue weighted by Crippen LogP contribution is 2.14. The Morgan fingerprint density at radius 1 is 1.05 bits per heavy atom. The molecule has 21 heavy (non-hydrogen) atoms. The van der Waals surface area contributed by atoms with Gasteiger partial charge in [0, 0.05) is 26.7 Å². The van der Waals surface area contributed by atoms with E-state index >= 15 is 0 Å². The van der Waals surface area contributed by atoms with E-state index in [1.807, 2.05) is 25.8 Å². The predicted octanol–water partition coefficient (Wildman–Crippen LogP) is 1.95. The summed E-state index contributed by atoms with van der Waals surface area (Å²) in [6.45, 7) is 9.61. The zero-order valence-electron chi connectivity index (χ0n) is 13.6. The second-order valence-electron chi connectivity index (χ2n) is 4.64. The van der Waals surface area contributed by atoms with Gasteiger partial charge in [0.05, 0.1) is 13.2 Å². The Kier molecular flexibility index (Phi) is 8.42. The molecule has 0 aromatic carbocycles. The molecule has 1 aromatic heterocycles. The van der Waals surface area contributed by atoms with Crippen LogP contribution in [0.25, 0.3) is 0 Å². The summed E-state index contributed by atoms with van der Waals surface area (Å²) in [5.41, 5.74) is 0. The molecule has 0 saturated heterocycles. The lowest BCUT2D eigenvalue weighted by molar-refractivity contribution is 0.154. The molecule has 1 heterocycles. The van der Waals surface area contributed by atoms with Gasteiger partial charge in [0.1, 0.15) is 0 Å². The fraction of sp³-hybridized carbons (Fsp3) is 0.786. The molecule has 0 unspecified atom stereocenters. The molecular weight excluding hydrogens is 270 g/mol. The number of nitrogens with one attached hydrogen (secondary N) is 1. The van der Waals surface area contributed by atoms with Crippen LogP contribution in [0, 0.1) is 0 Å². The van der Waals surface area contributed by atoms with E-state index in [9.17, 15) is 0 Å². The van der Waals surface area contributed by atoms with Crippen LogP contribution in [0.5, 0.6) is 6.01 Å². The maximum absolute atomic E-state index is 5.53. The number of hydrogen-bond donors (Lipinski definition) is 1. The van der Waals surface area contributed by atoms with Gasteiger partial charge in [-0.1, -0.05) is 13.8 Å². The van der Waals surface area contributed by atoms with Crippen LogP contribution in [-0.2, 0) is 4.74 Å². The fourth-order valence-corrected chi connectivity index (χ4v) is 1.54. The number of nitrogens with zero attached hydrogens (tertiary/aromatic N) is 4. The van der Waals surface area contributed by atoms with Crippen molar-refractivity contribution in [1.29, 1.82) is 0 Å². The molecule has 0 aliphatic carbocycles. The zero-order valence-corrected chi connectivity index (χ0v) is 13.6. The van der Waals surface area contributed by atoms with Crippen molar-refractivity contribution in [2.24, 2.45) is 0 Å². The predicted molar refractivity (Wildman–Crippen MR) is 84.2 cm³/mol. The van der Waals surface area contributed by atoms with Crippen LogP contribution in [0.1, 0.15) is 33.6 Å². The van der Waals surface area contributed by atoms with E-state index in [4.69, 9.17) is 9.47 Å². The molecule has 0 bridgehead atoms. The molecule has 0 aliphatic rings. The van der Waals surface area contributed by atoms with E-state index in [1.54, 1.807) is 0 Å². The Morgan fingerprint density at radius 2 is 1.86 bits per heavy atom. The molecule has 7 heteroatoms. The summed E-state index contributed by atoms with van der Waals surface area (Å²) in [5.74, 6) is 1.14. The summed E-state index contributed by atoms with van der Waals surface area (Å²) in [6.07, 6.45) is 1.92. The minimum atomic E-state index is 0.365. The SMILES string of the molecule is CCCNc1nc(OCCC)nc(N(C)CCOCC)n1. The summed E-state index contributed by atoms with van der Waals surface area (Å²) in [6, 6.07) is 0.365. The number of anilines is 2. The third kappa shape index (κ3) is 6.57. The van der Waals surface area contributed by atoms with Gasteiger partial charge < -0.3 is 19.7 Å². The Labute approximate surface area is 127 Å². The summed E-state index contributed by atoms with van der Waals surface area (Å²) in [5, 5.41) is 3.17. The van der Waals surface area contributed by atoms with Crippen molar-refractivity contribution in [2.75, 3.05) is 50.2 Å². The maximum atomic E-state index is 5.53. The van der Waals surface area contributed by atoms with Crippen molar-refractivity contribution in [1.82, 2.24) is 15.0 Å². The molecule has 0 saturated carbocycles. The number of rotatable bonds is 11. The average Bonchev–Trinajstić information content (AvgIpc) is 2.50. The van der Waals surface area contributed by atoms with Crippen molar-refractivity contribution in [2.45, 2.75) is 33.6 Å². The third-order valence-corrected chi connectivity index (χ3v) is 2.69. The van der Waals surface area contributed by atoms with Crippen LogP contribution in [0.3, 0.4) is 0 Å². The van der Waals surface area contributed by atoms with Crippen molar-refractivity contribution in [3.63, 3.8) is 0 Å². The Morgan fingerprint density at radius 3 is 2.52 bits per heavy atom. The van der Waals surface area contributed by atoms with Crippen LogP contribution in [0.15, 0.2) is 0 Å². The lowest BCUT2D eigenvalue weighted by Gasteiger charge is -2.18. The normalized spacial score (nSPS) is 10.5. The van der Waals surface area contributed by atoms with Gasteiger partial charge in [-0.3, -0.25) is 0 Å². The van der Waals surface area contributed by atoms with Gasteiger partial charge >= 0.3 is 6.01 Å². The van der Waals surface area contributed by atoms with Crippen LogP contribution >= 0.6 is 0 Å². The van der Waals surface area contributed by atoms with E-state index in [0.29, 0.717) is 37.7 Å². The average molecular weight is 297 g/mol. The standard InChI is InChI=1S/C14H27N5O2/c1-5-8-15-12-16-13(19(4)9-11-20-7-3)18-14(17-12)21-10-6-2/h5-11H2,1-4H3,(H,15,16,17,18). The monoisotopic (exact) mass is 297 g/mol. The smallest absolute Gasteiger partial charge is 0.323 e. The summed E-state index contributed by atoms with van der Waals surface area (Å²) in [4.78, 5) is 15.0. The summed E-state index contributed by atoms with van der Waals surface area (Å²) in [7, 11) is 1.93. The van der Waals surface area contributed by atoms with Gasteiger partial charge in [0.2, 0.25) is 11.9 Å². The van der Waals surface area contributed by atoms with E-state index in [2.05, 4.69) is 27.2 Å². The number of likely N-dealkylation sites (N-methyl/N-ethyl adjacent to an activating group) is 1. The Balaban J connectivity index is 2.78. The van der Waals surface area contributed by atoms with Crippen LogP contribution in [0.4, 0.5) is 11.9 Å². The summed E-state index contributed by atoms with van der Waals surface area (Å²) >= 11 is 0. The molecular formula is C14H27N5O2. The highest BCUT2D eigenvalue weighted by Gasteiger charge is 2.11. The first-order valence-electron chi connectivity index (χ1n) is 7.62. The highest BCUT2D eigenvalue weighted by atomic mass is 16.5. The molecule has 0 aliphatic heterocycles. The second kappa shape index (κ2) is 10.1. The van der Waals surface area contributed by atoms with Gasteiger partial charge in [-0.15, -0.1) is 0 Å². The molecule has 0 amide bonds. The molecule has 1 rings (SSSR count). The van der Waals surface area contributed by atoms with E-state index in [1.165, 1.54) is 0 Å². The quantitative estimate of drug-likeness (QED) is 0.626. The van der Waals surface area contributed by atoms with Gasteiger partial charge in [-0.25, -0.2) is 0 Å². The molecule has 0 fully saturated rings. The molecule has 120 valence electrons. The van der Waals surface area contributed by atoms with E-state index < -0.39 is 0 Å². The topological polar surface area (TPSA) is 72.4 Å². The largest absolute Gasteiger partial charge is 0.463 e. The lowest BCUT2D eigenvalue weighted by Crippen LogP contribution is -2.25. The molecule has 7 nitrogen and oxygen atoms in total. The molecule has 0 radical (unpaired) electrons. The molecule has 1 aromatic rings. The lowest BCUT2D eigenvalue weighted by atomic mass is 10.5. The van der Waals surface area contributed by atoms with Gasteiger partial charge in [-0.05, 0) is 19.8 Å². The van der Waals surface area contributed by atoms with Crippen molar-refractivity contribution >= 4 is 11.9 Å². The zero-order chi connectivity index (χ0) is 15.5. The maximum Gasteiger partial charge on any atom is 0.323 e. The van der Waals surface area contributed by atoms with Crippen LogP contribution in [0.2, 0.25) is 0 Å². The number of ether oxygens (including phenoxy) is 2. The van der Waals surface area contributed by atoms with Crippen LogP contribution in [-0.4, -0.2) is 54.9 Å². The first-order chi connectivity index (χ1) is 10.2. The molecule has 0 spiro atoms. The first-order valence-corrected chi connectivity index (χ1v) is 7.62. The van der Waals surface area contributed by atoms with Gasteiger partial charge in [0.25, 0.3) is 0 Å². The van der Waals surface area contributed by atoms with Crippen LogP contribution < -0.4 is 15.0 Å². The van der Waals surface area contributed by atoms with Crippen molar-refractivity contribution < 1.29 is 9.47 Å². The van der Waals surface area contributed by atoms with Gasteiger partial charge in [0.15, 0.2) is 0 Å². The first kappa shape index (κ1) is 17.4. The van der Waals surface area contributed by atoms with Crippen molar-refractivity contribution in [3.8, 4) is 6.01 Å². The number of aromatic nitrogens is 3. The van der Waals surface area contributed by atoms with E-state index in [0.717, 1.165) is 25.9 Å². The second-order valence-corrected chi connectivity index (χ2v) is 4.64. The third-order valence-electron chi connectivity index (χ3n) is 2.69. The minimum absolute atomic E-state index is 0.365. The summed E-state index contributed by atoms with van der Waals surface area (Å²) < 4.78 is 10.9. The minimum Gasteiger partial charge on any atom is -0.463 e. The van der Waals surface area contributed by atoms with E-state index in [-0.39, 0.29) is 0 Å². The molecule has 1 N–H and O–H groups in total. The Hall–Kier alpha value is -1.63.